The van der Waals surface area contributed by atoms with Crippen LogP contribution in [0.2, 0.25) is 0 Å². The molecule has 0 fully saturated rings. The van der Waals surface area contributed by atoms with Gasteiger partial charge in [-0.15, -0.1) is 6.58 Å². The first-order valence-electron chi connectivity index (χ1n) is 4.45. The lowest BCUT2D eigenvalue weighted by molar-refractivity contribution is 1.36. The third-order valence-electron chi connectivity index (χ3n) is 1.52. The molecule has 0 nitrogen and oxygen atoms in total. The maximum atomic E-state index is 3.65. The van der Waals surface area contributed by atoms with Crippen molar-refractivity contribution >= 4 is 0 Å². The van der Waals surface area contributed by atoms with Gasteiger partial charge in [-0.05, 0) is 20.3 Å². The van der Waals surface area contributed by atoms with Gasteiger partial charge >= 0.3 is 0 Å². The quantitative estimate of drug-likeness (QED) is 0.433. The highest BCUT2D eigenvalue weighted by atomic mass is 13.9. The zero-order valence-electron chi connectivity index (χ0n) is 8.59. The average molecular weight is 174 g/mol. The lowest BCUT2D eigenvalue weighted by Crippen LogP contribution is -1.72. The Balaban J connectivity index is 4.23. The lowest BCUT2D eigenvalue weighted by atomic mass is 10.1. The van der Waals surface area contributed by atoms with Gasteiger partial charge in [0.25, 0.3) is 0 Å². The summed E-state index contributed by atoms with van der Waals surface area (Å²) >= 11 is 0. The first-order valence-corrected chi connectivity index (χ1v) is 4.45. The van der Waals surface area contributed by atoms with Crippen LogP contribution >= 0.6 is 0 Å². The van der Waals surface area contributed by atoms with Crippen LogP contribution in [0.15, 0.2) is 60.8 Å². The van der Waals surface area contributed by atoms with Crippen LogP contribution in [0.25, 0.3) is 0 Å². The minimum atomic E-state index is 0.926. The molecule has 13 heavy (non-hydrogen) atoms. The van der Waals surface area contributed by atoms with E-state index < -0.39 is 0 Å². The molecule has 0 aromatic carbocycles. The molecule has 70 valence electrons. The Labute approximate surface area is 81.7 Å². The Morgan fingerprint density at radius 3 is 2.38 bits per heavy atom. The van der Waals surface area contributed by atoms with E-state index in [-0.39, 0.29) is 0 Å². The molecule has 0 unspecified atom stereocenters. The maximum absolute atomic E-state index is 3.65. The summed E-state index contributed by atoms with van der Waals surface area (Å²) in [5.74, 6) is 0. The van der Waals surface area contributed by atoms with E-state index in [1.807, 2.05) is 12.2 Å². The van der Waals surface area contributed by atoms with Gasteiger partial charge in [0.1, 0.15) is 0 Å². The summed E-state index contributed by atoms with van der Waals surface area (Å²) in [6.45, 7) is 11.4. The second-order valence-corrected chi connectivity index (χ2v) is 2.96. The van der Waals surface area contributed by atoms with E-state index in [4.69, 9.17) is 0 Å². The minimum Gasteiger partial charge on any atom is -0.103 e. The van der Waals surface area contributed by atoms with Gasteiger partial charge in [-0.25, -0.2) is 0 Å². The van der Waals surface area contributed by atoms with Crippen molar-refractivity contribution in [3.8, 4) is 0 Å². The van der Waals surface area contributed by atoms with Crippen molar-refractivity contribution in [1.29, 1.82) is 0 Å². The first-order chi connectivity index (χ1) is 6.20. The molecule has 0 bridgehead atoms. The fraction of sp³-hybridized carbons (Fsp3) is 0.231. The summed E-state index contributed by atoms with van der Waals surface area (Å²) in [5, 5.41) is 0. The van der Waals surface area contributed by atoms with Crippen LogP contribution in [0, 0.1) is 0 Å². The Morgan fingerprint density at radius 1 is 1.15 bits per heavy atom. The van der Waals surface area contributed by atoms with Crippen molar-refractivity contribution in [2.75, 3.05) is 0 Å². The second kappa shape index (κ2) is 7.35. The van der Waals surface area contributed by atoms with Gasteiger partial charge in [0.05, 0.1) is 0 Å². The summed E-state index contributed by atoms with van der Waals surface area (Å²) in [6, 6.07) is 0. The highest BCUT2D eigenvalue weighted by Crippen LogP contribution is 2.03. The van der Waals surface area contributed by atoms with Gasteiger partial charge in [0.15, 0.2) is 0 Å². The second-order valence-electron chi connectivity index (χ2n) is 2.96. The summed E-state index contributed by atoms with van der Waals surface area (Å²) in [5.41, 5.74) is 2.47. The topological polar surface area (TPSA) is 0 Å². The molecule has 0 heteroatoms. The molecule has 0 heterocycles. The number of allylic oxidation sites excluding steroid dienone is 8. The van der Waals surface area contributed by atoms with Crippen LogP contribution in [-0.2, 0) is 0 Å². The fourth-order valence-corrected chi connectivity index (χ4v) is 0.991. The van der Waals surface area contributed by atoms with Crippen LogP contribution < -0.4 is 0 Å². The predicted octanol–water partition coefficient (Wildman–Crippen LogP) is 4.20. The third-order valence-corrected chi connectivity index (χ3v) is 1.52. The molecule has 0 aliphatic carbocycles. The molecule has 0 aromatic heterocycles. The standard InChI is InChI=1S/C13H18/c1-5-7-8-10-13(4)11-12(3)9-6-2/h5-6,8-11H,1-2,7H2,3-4H3/b10-8-,12-9-,13-11+. The normalized spacial score (nSPS) is 13.4. The van der Waals surface area contributed by atoms with Gasteiger partial charge in [-0.1, -0.05) is 54.2 Å². The zero-order chi connectivity index (χ0) is 10.1. The smallest absolute Gasteiger partial charge is 0.0169 e. The van der Waals surface area contributed by atoms with Crippen molar-refractivity contribution in [2.24, 2.45) is 0 Å². The monoisotopic (exact) mass is 174 g/mol. The van der Waals surface area contributed by atoms with Gasteiger partial charge in [-0.3, -0.25) is 0 Å². The summed E-state index contributed by atoms with van der Waals surface area (Å²) in [7, 11) is 0. The van der Waals surface area contributed by atoms with Crippen molar-refractivity contribution in [3.63, 3.8) is 0 Å². The molecule has 0 radical (unpaired) electrons. The van der Waals surface area contributed by atoms with E-state index >= 15 is 0 Å². The lowest BCUT2D eigenvalue weighted by Gasteiger charge is -1.92. The molecule has 0 amide bonds. The van der Waals surface area contributed by atoms with Crippen LogP contribution in [0.4, 0.5) is 0 Å². The van der Waals surface area contributed by atoms with Crippen LogP contribution in [0.3, 0.4) is 0 Å². The number of hydrogen-bond donors (Lipinski definition) is 0. The Hall–Kier alpha value is -1.30. The van der Waals surface area contributed by atoms with Crippen molar-refractivity contribution < 1.29 is 0 Å². The maximum Gasteiger partial charge on any atom is -0.0169 e. The first kappa shape index (κ1) is 11.7. The molecule has 0 spiro atoms. The minimum absolute atomic E-state index is 0.926. The van der Waals surface area contributed by atoms with E-state index in [1.54, 1.807) is 6.08 Å². The molecule has 0 saturated carbocycles. The van der Waals surface area contributed by atoms with Crippen LogP contribution in [0.5, 0.6) is 0 Å². The zero-order valence-corrected chi connectivity index (χ0v) is 8.59. The van der Waals surface area contributed by atoms with Crippen LogP contribution in [-0.4, -0.2) is 0 Å². The summed E-state index contributed by atoms with van der Waals surface area (Å²) in [6.07, 6.45) is 12.9. The fourth-order valence-electron chi connectivity index (χ4n) is 0.991. The highest BCUT2D eigenvalue weighted by molar-refractivity contribution is 5.29. The average Bonchev–Trinajstić information content (AvgIpc) is 2.05. The molecule has 0 N–H and O–H groups in total. The third kappa shape index (κ3) is 7.07. The number of hydrogen-bond acceptors (Lipinski definition) is 0. The van der Waals surface area contributed by atoms with E-state index in [2.05, 4.69) is 45.2 Å². The molecule has 0 atom stereocenters. The van der Waals surface area contributed by atoms with Gasteiger partial charge in [0, 0.05) is 0 Å². The summed E-state index contributed by atoms with van der Waals surface area (Å²) < 4.78 is 0. The van der Waals surface area contributed by atoms with Crippen molar-refractivity contribution in [1.82, 2.24) is 0 Å². The van der Waals surface area contributed by atoms with Crippen molar-refractivity contribution in [3.05, 3.63) is 60.8 Å². The number of rotatable bonds is 5. The largest absolute Gasteiger partial charge is 0.103 e. The molecular formula is C13H18. The van der Waals surface area contributed by atoms with Crippen LogP contribution in [0.1, 0.15) is 20.3 Å². The Bertz CT molecular complexity index is 249. The van der Waals surface area contributed by atoms with E-state index in [0.29, 0.717) is 0 Å². The molecule has 0 aliphatic heterocycles. The molecular weight excluding hydrogens is 156 g/mol. The predicted molar refractivity (Wildman–Crippen MR) is 61.7 cm³/mol. The Kier molecular flexibility index (Phi) is 6.62. The summed E-state index contributed by atoms with van der Waals surface area (Å²) in [4.78, 5) is 0. The SMILES string of the molecule is C=C\C=C(C)/C=C(C)/C=C\CC=C. The van der Waals surface area contributed by atoms with Gasteiger partial charge in [-0.2, -0.15) is 0 Å². The van der Waals surface area contributed by atoms with E-state index in [1.165, 1.54) is 11.1 Å². The highest BCUT2D eigenvalue weighted by Gasteiger charge is 1.82. The Morgan fingerprint density at radius 2 is 1.85 bits per heavy atom. The van der Waals surface area contributed by atoms with E-state index in [0.717, 1.165) is 6.42 Å². The molecule has 0 aromatic rings. The van der Waals surface area contributed by atoms with E-state index in [9.17, 15) is 0 Å². The molecule has 0 rings (SSSR count). The van der Waals surface area contributed by atoms with Gasteiger partial charge in [0.2, 0.25) is 0 Å². The van der Waals surface area contributed by atoms with Crippen molar-refractivity contribution in [2.45, 2.75) is 20.3 Å². The molecule has 0 aliphatic rings. The van der Waals surface area contributed by atoms with Gasteiger partial charge < -0.3 is 0 Å². The molecule has 0 saturated heterocycles.